The first-order chi connectivity index (χ1) is 14.2. The fourth-order valence-corrected chi connectivity index (χ4v) is 4.62. The van der Waals surface area contributed by atoms with Crippen molar-refractivity contribution in [1.82, 2.24) is 9.80 Å². The van der Waals surface area contributed by atoms with Crippen LogP contribution in [0.1, 0.15) is 29.5 Å². The third-order valence-electron chi connectivity index (χ3n) is 6.53. The van der Waals surface area contributed by atoms with Gasteiger partial charge in [-0.15, -0.1) is 0 Å². The molecule has 150 valence electrons. The molecule has 5 nitrogen and oxygen atoms in total. The summed E-state index contributed by atoms with van der Waals surface area (Å²) in [6.07, 6.45) is 2.83. The van der Waals surface area contributed by atoms with Crippen molar-refractivity contribution in [2.24, 2.45) is 10.4 Å². The molecule has 2 aromatic rings. The summed E-state index contributed by atoms with van der Waals surface area (Å²) in [5.74, 6) is 1.04. The second-order valence-corrected chi connectivity index (χ2v) is 8.43. The Morgan fingerprint density at radius 3 is 2.41 bits per heavy atom. The number of carbonyl (C=O) groups is 1. The van der Waals surface area contributed by atoms with Crippen LogP contribution < -0.4 is 0 Å². The number of para-hydroxylation sites is 1. The Kier molecular flexibility index (Phi) is 4.63. The first kappa shape index (κ1) is 18.4. The second kappa shape index (κ2) is 7.30. The Hall–Kier alpha value is -2.66. The van der Waals surface area contributed by atoms with E-state index in [0.29, 0.717) is 0 Å². The van der Waals surface area contributed by atoms with Crippen LogP contribution in [0.25, 0.3) is 0 Å². The standard InChI is InChI=1S/C24H27N3O2/c1-29-23(28)24(10-11-24)17-26-12-14-27(15-13-26)22-20-8-4-2-6-18(20)16-19-7-3-5-9-21(19)25-22/h2-9H,10-17H2,1H3. The molecule has 2 fully saturated rings. The number of hydrogen-bond donors (Lipinski definition) is 0. The van der Waals surface area contributed by atoms with Crippen LogP contribution in [0.3, 0.4) is 0 Å². The average Bonchev–Trinajstić information content (AvgIpc) is 3.56. The average molecular weight is 389 g/mol. The van der Waals surface area contributed by atoms with Gasteiger partial charge < -0.3 is 9.64 Å². The monoisotopic (exact) mass is 389 g/mol. The molecule has 0 atom stereocenters. The lowest BCUT2D eigenvalue weighted by Gasteiger charge is -2.38. The summed E-state index contributed by atoms with van der Waals surface area (Å²) >= 11 is 0. The Bertz CT molecular complexity index is 956. The summed E-state index contributed by atoms with van der Waals surface area (Å²) in [5.41, 5.74) is 4.68. The molecular formula is C24H27N3O2. The van der Waals surface area contributed by atoms with Crippen LogP contribution >= 0.6 is 0 Å². The Balaban J connectivity index is 1.36. The summed E-state index contributed by atoms with van der Waals surface area (Å²) in [6.45, 7) is 4.56. The van der Waals surface area contributed by atoms with Crippen molar-refractivity contribution >= 4 is 17.5 Å². The van der Waals surface area contributed by atoms with Gasteiger partial charge >= 0.3 is 5.97 Å². The first-order valence-electron chi connectivity index (χ1n) is 10.5. The Morgan fingerprint density at radius 2 is 1.69 bits per heavy atom. The van der Waals surface area contributed by atoms with Gasteiger partial charge in [-0.25, -0.2) is 4.99 Å². The van der Waals surface area contributed by atoms with E-state index in [1.807, 2.05) is 0 Å². The highest BCUT2D eigenvalue weighted by atomic mass is 16.5. The molecule has 2 aliphatic heterocycles. The SMILES string of the molecule is COC(=O)C1(CN2CCN(C3=Nc4ccccc4Cc4ccccc43)CC2)CC1. The van der Waals surface area contributed by atoms with E-state index < -0.39 is 0 Å². The van der Waals surface area contributed by atoms with Crippen LogP contribution in [-0.4, -0.2) is 61.4 Å². The van der Waals surface area contributed by atoms with Crippen molar-refractivity contribution in [1.29, 1.82) is 0 Å². The molecule has 1 saturated carbocycles. The summed E-state index contributed by atoms with van der Waals surface area (Å²) in [6, 6.07) is 17.1. The molecule has 0 unspecified atom stereocenters. The van der Waals surface area contributed by atoms with Gasteiger partial charge in [0.1, 0.15) is 5.84 Å². The third-order valence-corrected chi connectivity index (χ3v) is 6.53. The molecule has 2 aromatic carbocycles. The number of hydrogen-bond acceptors (Lipinski definition) is 5. The Morgan fingerprint density at radius 1 is 1.00 bits per heavy atom. The van der Waals surface area contributed by atoms with Gasteiger partial charge in [0.05, 0.1) is 18.2 Å². The van der Waals surface area contributed by atoms with Gasteiger partial charge in [0.15, 0.2) is 0 Å². The molecule has 3 aliphatic rings. The van der Waals surface area contributed by atoms with E-state index >= 15 is 0 Å². The molecule has 0 amide bonds. The maximum absolute atomic E-state index is 12.1. The van der Waals surface area contributed by atoms with Crippen LogP contribution in [0, 0.1) is 5.41 Å². The minimum atomic E-state index is -0.248. The molecule has 29 heavy (non-hydrogen) atoms. The van der Waals surface area contributed by atoms with E-state index in [0.717, 1.165) is 63.5 Å². The van der Waals surface area contributed by atoms with Crippen molar-refractivity contribution in [2.75, 3.05) is 39.8 Å². The molecular weight excluding hydrogens is 362 g/mol. The van der Waals surface area contributed by atoms with Gasteiger partial charge in [0.2, 0.25) is 0 Å². The largest absolute Gasteiger partial charge is 0.469 e. The van der Waals surface area contributed by atoms with Crippen molar-refractivity contribution in [3.05, 3.63) is 65.2 Å². The maximum atomic E-state index is 12.1. The number of esters is 1. The van der Waals surface area contributed by atoms with E-state index in [-0.39, 0.29) is 11.4 Å². The number of methoxy groups -OCH3 is 1. The quantitative estimate of drug-likeness (QED) is 0.756. The van der Waals surface area contributed by atoms with E-state index in [1.54, 1.807) is 0 Å². The fourth-order valence-electron chi connectivity index (χ4n) is 4.62. The second-order valence-electron chi connectivity index (χ2n) is 8.43. The molecule has 0 radical (unpaired) electrons. The summed E-state index contributed by atoms with van der Waals surface area (Å²) in [5, 5.41) is 0. The number of fused-ring (bicyclic) bond motifs is 2. The molecule has 5 heteroatoms. The van der Waals surface area contributed by atoms with E-state index in [4.69, 9.17) is 9.73 Å². The number of piperazine rings is 1. The van der Waals surface area contributed by atoms with Crippen LogP contribution in [0.2, 0.25) is 0 Å². The highest BCUT2D eigenvalue weighted by molar-refractivity contribution is 6.02. The number of nitrogens with zero attached hydrogens (tertiary/aromatic N) is 3. The topological polar surface area (TPSA) is 45.1 Å². The number of rotatable bonds is 3. The molecule has 1 saturated heterocycles. The van der Waals surface area contributed by atoms with Crippen molar-refractivity contribution < 1.29 is 9.53 Å². The van der Waals surface area contributed by atoms with Crippen molar-refractivity contribution in [2.45, 2.75) is 19.3 Å². The van der Waals surface area contributed by atoms with Crippen LogP contribution in [0.15, 0.2) is 53.5 Å². The molecule has 0 aromatic heterocycles. The van der Waals surface area contributed by atoms with Crippen molar-refractivity contribution in [3.8, 4) is 0 Å². The summed E-state index contributed by atoms with van der Waals surface area (Å²) in [7, 11) is 1.50. The number of carbonyl (C=O) groups excluding carboxylic acids is 1. The molecule has 1 aliphatic carbocycles. The zero-order valence-corrected chi connectivity index (χ0v) is 16.9. The molecule has 5 rings (SSSR count). The normalized spacial score (nSPS) is 20.2. The third kappa shape index (κ3) is 3.44. The van der Waals surface area contributed by atoms with E-state index in [1.165, 1.54) is 23.8 Å². The van der Waals surface area contributed by atoms with Gasteiger partial charge in [0, 0.05) is 44.7 Å². The number of aliphatic imine (C=N–C) groups is 1. The zero-order chi connectivity index (χ0) is 19.8. The van der Waals surface area contributed by atoms with Crippen molar-refractivity contribution in [3.63, 3.8) is 0 Å². The lowest BCUT2D eigenvalue weighted by molar-refractivity contribution is -0.148. The predicted molar refractivity (Wildman–Crippen MR) is 114 cm³/mol. The first-order valence-corrected chi connectivity index (χ1v) is 10.5. The van der Waals surface area contributed by atoms with E-state index in [9.17, 15) is 4.79 Å². The van der Waals surface area contributed by atoms with Gasteiger partial charge in [-0.1, -0.05) is 42.5 Å². The maximum Gasteiger partial charge on any atom is 0.313 e. The zero-order valence-electron chi connectivity index (χ0n) is 16.9. The Labute approximate surface area is 172 Å². The highest BCUT2D eigenvalue weighted by Gasteiger charge is 2.52. The smallest absolute Gasteiger partial charge is 0.313 e. The minimum Gasteiger partial charge on any atom is -0.469 e. The minimum absolute atomic E-state index is 0.0430. The summed E-state index contributed by atoms with van der Waals surface area (Å²) in [4.78, 5) is 22.0. The molecule has 0 bridgehead atoms. The number of ether oxygens (including phenoxy) is 1. The number of amidine groups is 1. The van der Waals surface area contributed by atoms with E-state index in [2.05, 4.69) is 58.3 Å². The fraction of sp³-hybridized carbons (Fsp3) is 0.417. The van der Waals surface area contributed by atoms with Gasteiger partial charge in [-0.3, -0.25) is 9.69 Å². The lowest BCUT2D eigenvalue weighted by atomic mass is 9.99. The lowest BCUT2D eigenvalue weighted by Crippen LogP contribution is -2.51. The molecule has 2 heterocycles. The van der Waals surface area contributed by atoms with Crippen LogP contribution in [0.5, 0.6) is 0 Å². The molecule has 0 spiro atoms. The van der Waals surface area contributed by atoms with Gasteiger partial charge in [-0.05, 0) is 30.0 Å². The summed E-state index contributed by atoms with van der Waals surface area (Å²) < 4.78 is 5.03. The predicted octanol–water partition coefficient (Wildman–Crippen LogP) is 3.24. The van der Waals surface area contributed by atoms with Gasteiger partial charge in [-0.2, -0.15) is 0 Å². The number of benzene rings is 2. The van der Waals surface area contributed by atoms with Crippen LogP contribution in [0.4, 0.5) is 5.69 Å². The van der Waals surface area contributed by atoms with Crippen LogP contribution in [-0.2, 0) is 16.0 Å². The highest BCUT2D eigenvalue weighted by Crippen LogP contribution is 2.47. The molecule has 0 N–H and O–H groups in total. The van der Waals surface area contributed by atoms with Gasteiger partial charge in [0.25, 0.3) is 0 Å².